The first kappa shape index (κ1) is 28.8. The maximum absolute atomic E-state index is 11.9. The van der Waals surface area contributed by atoms with E-state index >= 15 is 0 Å². The number of ether oxygens (including phenoxy) is 1. The Bertz CT molecular complexity index is 543. The van der Waals surface area contributed by atoms with Crippen LogP contribution in [0.2, 0.25) is 0 Å². The molecule has 0 saturated carbocycles. The maximum atomic E-state index is 11.9. The van der Waals surface area contributed by atoms with Crippen molar-refractivity contribution < 1.29 is 87.5 Å². The van der Waals surface area contributed by atoms with Gasteiger partial charge in [-0.3, -0.25) is 0 Å². The number of rotatable bonds is 10. The Morgan fingerprint density at radius 3 is 2.31 bits per heavy atom. The quantitative estimate of drug-likeness (QED) is 0.244. The van der Waals surface area contributed by atoms with Crippen molar-refractivity contribution >= 4 is 13.9 Å². The van der Waals surface area contributed by atoms with Gasteiger partial charge in [0.2, 0.25) is 0 Å². The molecule has 0 aliphatic carbocycles. The van der Waals surface area contributed by atoms with E-state index in [0.29, 0.717) is 5.56 Å². The number of carbonyl (C=O) groups is 1. The number of carbonyl (C=O) groups excluding carboxylic acids is 1. The van der Waals surface area contributed by atoms with Crippen molar-refractivity contribution in [2.45, 2.75) is 51.7 Å². The predicted octanol–water partition coefficient (Wildman–Crippen LogP) is -3.72. The summed E-state index contributed by atoms with van der Waals surface area (Å²) in [5.41, 5.74) is 0.612. The molecule has 0 radical (unpaired) electrons. The van der Waals surface area contributed by atoms with Crippen molar-refractivity contribution in [2.24, 2.45) is 0 Å². The van der Waals surface area contributed by atoms with Crippen LogP contribution in [0.25, 0.3) is 0 Å². The zero-order chi connectivity index (χ0) is 18.0. The minimum Gasteiger partial charge on any atom is -0.790 e. The minimum atomic E-state index is -5.17. The molecular formula is C16H24NNa2O6P. The van der Waals surface area contributed by atoms with Crippen LogP contribution in [0.3, 0.4) is 0 Å². The average Bonchev–Trinajstić information content (AvgIpc) is 2.51. The summed E-state index contributed by atoms with van der Waals surface area (Å²) in [6, 6.07) is 7.84. The van der Waals surface area contributed by atoms with Crippen LogP contribution in [0.5, 0.6) is 0 Å². The molecule has 1 rings (SSSR count). The Morgan fingerprint density at radius 1 is 1.15 bits per heavy atom. The summed E-state index contributed by atoms with van der Waals surface area (Å²) in [7, 11) is -5.17. The topological polar surface area (TPSA) is 111 Å². The third-order valence-electron chi connectivity index (χ3n) is 3.43. The van der Waals surface area contributed by atoms with Gasteiger partial charge < -0.3 is 28.9 Å². The van der Waals surface area contributed by atoms with Crippen LogP contribution in [-0.2, 0) is 13.8 Å². The van der Waals surface area contributed by atoms with Crippen LogP contribution in [0.15, 0.2) is 30.3 Å². The molecule has 26 heavy (non-hydrogen) atoms. The van der Waals surface area contributed by atoms with E-state index in [4.69, 9.17) is 4.74 Å². The van der Waals surface area contributed by atoms with E-state index in [-0.39, 0.29) is 65.7 Å². The second kappa shape index (κ2) is 15.5. The van der Waals surface area contributed by atoms with E-state index in [9.17, 15) is 19.1 Å². The number of benzene rings is 1. The molecule has 10 heteroatoms. The minimum absolute atomic E-state index is 0. The summed E-state index contributed by atoms with van der Waals surface area (Å²) in [5, 5.41) is 2.56. The molecule has 0 aliphatic heterocycles. The number of phosphoric acid groups is 1. The Balaban J connectivity index is 0. The van der Waals surface area contributed by atoms with Gasteiger partial charge in [-0.25, -0.2) is 4.79 Å². The van der Waals surface area contributed by atoms with Crippen molar-refractivity contribution in [3.05, 3.63) is 35.9 Å². The van der Waals surface area contributed by atoms with Gasteiger partial charge in [-0.05, 0) is 18.9 Å². The van der Waals surface area contributed by atoms with Gasteiger partial charge in [0.1, 0.15) is 0 Å². The summed E-state index contributed by atoms with van der Waals surface area (Å²) >= 11 is 0. The Morgan fingerprint density at radius 2 is 1.77 bits per heavy atom. The van der Waals surface area contributed by atoms with Crippen LogP contribution in [0.4, 0.5) is 4.79 Å². The Hall–Kier alpha value is 0.600. The maximum Gasteiger partial charge on any atom is 1.00 e. The molecule has 0 saturated heterocycles. The summed E-state index contributed by atoms with van der Waals surface area (Å²) < 4.78 is 20.4. The number of hydrogen-bond donors (Lipinski definition) is 1. The Labute approximate surface area is 199 Å². The van der Waals surface area contributed by atoms with Crippen molar-refractivity contribution in [3.8, 4) is 0 Å². The van der Waals surface area contributed by atoms with Crippen LogP contribution in [0.1, 0.15) is 51.1 Å². The van der Waals surface area contributed by atoms with Crippen LogP contribution < -0.4 is 74.2 Å². The fourth-order valence-corrected chi connectivity index (χ4v) is 2.79. The van der Waals surface area contributed by atoms with Crippen LogP contribution >= 0.6 is 7.82 Å². The summed E-state index contributed by atoms with van der Waals surface area (Å²) in [5.74, 6) is 0. The first-order valence-corrected chi connectivity index (χ1v) is 9.48. The molecule has 0 bridgehead atoms. The van der Waals surface area contributed by atoms with E-state index in [1.165, 1.54) is 6.92 Å². The third-order valence-corrected chi connectivity index (χ3v) is 4.02. The van der Waals surface area contributed by atoms with E-state index in [1.807, 2.05) is 0 Å². The molecule has 0 heterocycles. The molecular weight excluding hydrogens is 379 g/mol. The number of unbranched alkanes of at least 4 members (excludes halogenated alkanes) is 3. The molecule has 136 valence electrons. The van der Waals surface area contributed by atoms with E-state index in [0.717, 1.165) is 25.7 Å². The van der Waals surface area contributed by atoms with E-state index in [1.54, 1.807) is 30.3 Å². The van der Waals surface area contributed by atoms with Gasteiger partial charge in [0, 0.05) is 0 Å². The summed E-state index contributed by atoms with van der Waals surface area (Å²) in [6.07, 6.45) is 2.16. The second-order valence-electron chi connectivity index (χ2n) is 5.49. The normalized spacial score (nSPS) is 12.9. The predicted molar refractivity (Wildman–Crippen MR) is 86.0 cm³/mol. The molecule has 0 unspecified atom stereocenters. The third kappa shape index (κ3) is 12.9. The number of phosphoric ester groups is 1. The smallest absolute Gasteiger partial charge is 0.790 e. The largest absolute Gasteiger partial charge is 1.00 e. The monoisotopic (exact) mass is 403 g/mol. The zero-order valence-electron chi connectivity index (χ0n) is 16.0. The molecule has 1 aromatic carbocycles. The molecule has 0 aliphatic rings. The van der Waals surface area contributed by atoms with Gasteiger partial charge in [-0.1, -0.05) is 56.5 Å². The van der Waals surface area contributed by atoms with Gasteiger partial charge in [-0.15, -0.1) is 0 Å². The van der Waals surface area contributed by atoms with Crippen molar-refractivity contribution in [3.63, 3.8) is 0 Å². The molecule has 1 aromatic rings. The molecule has 2 atom stereocenters. The average molecular weight is 403 g/mol. The molecule has 1 N–H and O–H groups in total. The number of alkyl carbamates (subject to hydrolysis) is 1. The first-order valence-electron chi connectivity index (χ1n) is 8.02. The van der Waals surface area contributed by atoms with E-state index in [2.05, 4.69) is 16.8 Å². The second-order valence-corrected chi connectivity index (χ2v) is 6.59. The fraction of sp³-hybridized carbons (Fsp3) is 0.562. The van der Waals surface area contributed by atoms with Crippen molar-refractivity contribution in [1.29, 1.82) is 0 Å². The summed E-state index contributed by atoms with van der Waals surface area (Å²) in [6.45, 7) is 3.77. The van der Waals surface area contributed by atoms with Crippen LogP contribution in [-0.4, -0.2) is 18.8 Å². The van der Waals surface area contributed by atoms with E-state index < -0.39 is 26.1 Å². The van der Waals surface area contributed by atoms with Gasteiger partial charge in [0.15, 0.2) is 0 Å². The standard InChI is InChI=1S/C16H26NO6P.2Na/c1-3-4-5-9-12-22-16(18)17-15(13(2)23-24(19,20)21)14-10-7-6-8-11-14;;/h6-8,10-11,13,15H,3-5,9,12H2,1-2H3,(H,17,18)(H2,19,20,21);;/q;2*+1/p-2/t13-,15-;;/m0../s1. The number of nitrogens with one attached hydrogen (secondary N) is 1. The molecule has 0 spiro atoms. The molecule has 0 fully saturated rings. The van der Waals surface area contributed by atoms with Gasteiger partial charge >= 0.3 is 65.2 Å². The fourth-order valence-electron chi connectivity index (χ4n) is 2.26. The van der Waals surface area contributed by atoms with Crippen molar-refractivity contribution in [2.75, 3.05) is 6.61 Å². The Kier molecular flexibility index (Phi) is 17.2. The number of amides is 1. The van der Waals surface area contributed by atoms with Gasteiger partial charge in [-0.2, -0.15) is 0 Å². The zero-order valence-corrected chi connectivity index (χ0v) is 20.9. The van der Waals surface area contributed by atoms with Crippen molar-refractivity contribution in [1.82, 2.24) is 5.32 Å². The molecule has 0 aromatic heterocycles. The van der Waals surface area contributed by atoms with Gasteiger partial charge in [0.05, 0.1) is 26.6 Å². The molecule has 7 nitrogen and oxygen atoms in total. The first-order chi connectivity index (χ1) is 11.3. The SMILES string of the molecule is CCCCCCOC(=O)N[C@H](c1ccccc1)[C@H](C)OP(=O)([O-])[O-].[Na+].[Na+]. The number of hydrogen-bond acceptors (Lipinski definition) is 6. The summed E-state index contributed by atoms with van der Waals surface area (Å²) in [4.78, 5) is 33.6. The van der Waals surface area contributed by atoms with Gasteiger partial charge in [0.25, 0.3) is 0 Å². The molecule has 1 amide bonds. The van der Waals surface area contributed by atoms with Crippen LogP contribution in [0, 0.1) is 0 Å².